The Morgan fingerprint density at radius 1 is 1.53 bits per heavy atom. The van der Waals surface area contributed by atoms with Crippen LogP contribution < -0.4 is 5.32 Å². The quantitative estimate of drug-likeness (QED) is 0.920. The van der Waals surface area contributed by atoms with Gasteiger partial charge in [-0.15, -0.1) is 0 Å². The smallest absolute Gasteiger partial charge is 0.253 e. The fourth-order valence-electron chi connectivity index (χ4n) is 2.36. The van der Waals surface area contributed by atoms with Gasteiger partial charge in [-0.2, -0.15) is 0 Å². The van der Waals surface area contributed by atoms with Crippen molar-refractivity contribution >= 4 is 21.8 Å². The number of carbonyl (C=O) groups excluding carboxylic acids is 1. The summed E-state index contributed by atoms with van der Waals surface area (Å²) >= 11 is 3.56. The molecule has 104 valence electrons. The predicted molar refractivity (Wildman–Crippen MR) is 77.8 cm³/mol. The van der Waals surface area contributed by atoms with Gasteiger partial charge in [-0.3, -0.25) is 9.69 Å². The number of ether oxygens (including phenoxy) is 1. The van der Waals surface area contributed by atoms with E-state index in [-0.39, 0.29) is 5.91 Å². The van der Waals surface area contributed by atoms with E-state index in [9.17, 15) is 4.79 Å². The van der Waals surface area contributed by atoms with E-state index in [2.05, 4.69) is 32.2 Å². The van der Waals surface area contributed by atoms with E-state index in [0.29, 0.717) is 13.2 Å². The number of likely N-dealkylation sites (N-methyl/N-ethyl adjacent to an activating group) is 1. The summed E-state index contributed by atoms with van der Waals surface area (Å²) < 4.78 is 6.75. The van der Waals surface area contributed by atoms with Crippen LogP contribution in [0.1, 0.15) is 12.5 Å². The van der Waals surface area contributed by atoms with Crippen LogP contribution in [0.15, 0.2) is 28.7 Å². The lowest BCUT2D eigenvalue weighted by molar-refractivity contribution is -0.156. The molecule has 1 fully saturated rings. The highest BCUT2D eigenvalue weighted by Gasteiger charge is 2.38. The van der Waals surface area contributed by atoms with Crippen molar-refractivity contribution in [3.05, 3.63) is 34.3 Å². The standard InChI is InChI=1S/C14H19BrN2O2/c1-14(13(18)16-2)10-17(7-8-19-14)9-11-5-3-4-6-12(11)15/h3-6H,7-10H2,1-2H3,(H,16,18)/t14-/m0/s1. The zero-order valence-electron chi connectivity index (χ0n) is 11.3. The molecule has 0 spiro atoms. The summed E-state index contributed by atoms with van der Waals surface area (Å²) in [5, 5.41) is 2.67. The van der Waals surface area contributed by atoms with Gasteiger partial charge in [0.15, 0.2) is 5.60 Å². The van der Waals surface area contributed by atoms with Crippen LogP contribution in [-0.2, 0) is 16.1 Å². The number of amides is 1. The Balaban J connectivity index is 2.06. The van der Waals surface area contributed by atoms with Gasteiger partial charge in [-0.25, -0.2) is 0 Å². The maximum absolute atomic E-state index is 11.9. The molecule has 1 heterocycles. The molecule has 0 aromatic heterocycles. The summed E-state index contributed by atoms with van der Waals surface area (Å²) in [6.07, 6.45) is 0. The molecule has 1 aliphatic heterocycles. The number of halogens is 1. The van der Waals surface area contributed by atoms with Crippen LogP contribution in [0.25, 0.3) is 0 Å². The molecule has 1 aromatic carbocycles. The van der Waals surface area contributed by atoms with Crippen molar-refractivity contribution in [2.24, 2.45) is 0 Å². The Labute approximate surface area is 122 Å². The van der Waals surface area contributed by atoms with Gasteiger partial charge in [0.05, 0.1) is 6.61 Å². The van der Waals surface area contributed by atoms with Crippen molar-refractivity contribution in [1.29, 1.82) is 0 Å². The number of morpholine rings is 1. The normalized spacial score (nSPS) is 24.2. The van der Waals surface area contributed by atoms with Crippen molar-refractivity contribution in [3.63, 3.8) is 0 Å². The minimum Gasteiger partial charge on any atom is -0.363 e. The van der Waals surface area contributed by atoms with Crippen molar-refractivity contribution in [3.8, 4) is 0 Å². The van der Waals surface area contributed by atoms with E-state index >= 15 is 0 Å². The number of benzene rings is 1. The molecule has 5 heteroatoms. The summed E-state index contributed by atoms with van der Waals surface area (Å²) in [4.78, 5) is 14.1. The fourth-order valence-corrected chi connectivity index (χ4v) is 2.77. The third kappa shape index (κ3) is 3.35. The number of carbonyl (C=O) groups is 1. The molecule has 1 aromatic rings. The summed E-state index contributed by atoms with van der Waals surface area (Å²) in [5.41, 5.74) is 0.470. The summed E-state index contributed by atoms with van der Waals surface area (Å²) in [6.45, 7) is 4.69. The molecule has 0 unspecified atom stereocenters. The van der Waals surface area contributed by atoms with Gasteiger partial charge >= 0.3 is 0 Å². The van der Waals surface area contributed by atoms with Crippen molar-refractivity contribution in [1.82, 2.24) is 10.2 Å². The van der Waals surface area contributed by atoms with Gasteiger partial charge in [0, 0.05) is 31.2 Å². The Hall–Kier alpha value is -0.910. The average molecular weight is 327 g/mol. The number of nitrogens with one attached hydrogen (secondary N) is 1. The number of rotatable bonds is 3. The van der Waals surface area contributed by atoms with Crippen LogP contribution in [-0.4, -0.2) is 43.2 Å². The van der Waals surface area contributed by atoms with Gasteiger partial charge < -0.3 is 10.1 Å². The molecule has 0 aliphatic carbocycles. The number of nitrogens with zero attached hydrogens (tertiary/aromatic N) is 1. The predicted octanol–water partition coefficient (Wildman–Crippen LogP) is 1.79. The first-order valence-electron chi connectivity index (χ1n) is 6.37. The molecule has 1 N–H and O–H groups in total. The molecule has 4 nitrogen and oxygen atoms in total. The SMILES string of the molecule is CNC(=O)[C@]1(C)CN(Cc2ccccc2Br)CCO1. The highest BCUT2D eigenvalue weighted by Crippen LogP contribution is 2.22. The van der Waals surface area contributed by atoms with Gasteiger partial charge in [0.2, 0.25) is 0 Å². The third-order valence-corrected chi connectivity index (χ3v) is 4.19. The van der Waals surface area contributed by atoms with E-state index in [1.165, 1.54) is 5.56 Å². The second kappa shape index (κ2) is 6.03. The van der Waals surface area contributed by atoms with Crippen LogP contribution in [0.3, 0.4) is 0 Å². The van der Waals surface area contributed by atoms with E-state index < -0.39 is 5.60 Å². The maximum atomic E-state index is 11.9. The molecule has 1 amide bonds. The van der Waals surface area contributed by atoms with Crippen LogP contribution in [0.4, 0.5) is 0 Å². The van der Waals surface area contributed by atoms with E-state index in [1.54, 1.807) is 7.05 Å². The molecule has 1 aliphatic rings. The largest absolute Gasteiger partial charge is 0.363 e. The third-order valence-electron chi connectivity index (χ3n) is 3.41. The Bertz CT molecular complexity index is 467. The second-order valence-corrected chi connectivity index (χ2v) is 5.81. The topological polar surface area (TPSA) is 41.6 Å². The monoisotopic (exact) mass is 326 g/mol. The zero-order valence-corrected chi connectivity index (χ0v) is 12.9. The fraction of sp³-hybridized carbons (Fsp3) is 0.500. The molecular weight excluding hydrogens is 308 g/mol. The molecule has 0 bridgehead atoms. The Morgan fingerprint density at radius 2 is 2.26 bits per heavy atom. The molecule has 2 rings (SSSR count). The van der Waals surface area contributed by atoms with Crippen LogP contribution >= 0.6 is 15.9 Å². The van der Waals surface area contributed by atoms with Crippen molar-refractivity contribution in [2.75, 3.05) is 26.7 Å². The number of hydrogen-bond acceptors (Lipinski definition) is 3. The second-order valence-electron chi connectivity index (χ2n) is 4.96. The van der Waals surface area contributed by atoms with Gasteiger partial charge in [0.25, 0.3) is 5.91 Å². The molecule has 19 heavy (non-hydrogen) atoms. The van der Waals surface area contributed by atoms with E-state index in [1.807, 2.05) is 25.1 Å². The first-order chi connectivity index (χ1) is 9.05. The summed E-state index contributed by atoms with van der Waals surface area (Å²) in [7, 11) is 1.64. The zero-order chi connectivity index (χ0) is 13.9. The van der Waals surface area contributed by atoms with Crippen LogP contribution in [0.2, 0.25) is 0 Å². The van der Waals surface area contributed by atoms with Crippen LogP contribution in [0, 0.1) is 0 Å². The van der Waals surface area contributed by atoms with Gasteiger partial charge in [-0.05, 0) is 18.6 Å². The van der Waals surface area contributed by atoms with Gasteiger partial charge in [-0.1, -0.05) is 34.1 Å². The lowest BCUT2D eigenvalue weighted by Crippen LogP contribution is -2.57. The first kappa shape index (κ1) is 14.5. The Morgan fingerprint density at radius 3 is 2.95 bits per heavy atom. The van der Waals surface area contributed by atoms with E-state index in [4.69, 9.17) is 4.74 Å². The molecular formula is C14H19BrN2O2. The van der Waals surface area contributed by atoms with Crippen molar-refractivity contribution in [2.45, 2.75) is 19.1 Å². The maximum Gasteiger partial charge on any atom is 0.253 e. The average Bonchev–Trinajstić information content (AvgIpc) is 2.40. The highest BCUT2D eigenvalue weighted by atomic mass is 79.9. The minimum absolute atomic E-state index is 0.0654. The minimum atomic E-state index is -0.756. The first-order valence-corrected chi connectivity index (χ1v) is 7.16. The summed E-state index contributed by atoms with van der Waals surface area (Å²) in [5.74, 6) is -0.0654. The van der Waals surface area contributed by atoms with Gasteiger partial charge in [0.1, 0.15) is 0 Å². The molecule has 1 atom stereocenters. The van der Waals surface area contributed by atoms with Crippen LogP contribution in [0.5, 0.6) is 0 Å². The molecule has 1 saturated heterocycles. The van der Waals surface area contributed by atoms with Crippen molar-refractivity contribution < 1.29 is 9.53 Å². The molecule has 0 saturated carbocycles. The van der Waals surface area contributed by atoms with E-state index in [0.717, 1.165) is 17.6 Å². The highest BCUT2D eigenvalue weighted by molar-refractivity contribution is 9.10. The lowest BCUT2D eigenvalue weighted by atomic mass is 10.0. The molecule has 0 radical (unpaired) electrons. The lowest BCUT2D eigenvalue weighted by Gasteiger charge is -2.39. The summed E-state index contributed by atoms with van der Waals surface area (Å²) in [6, 6.07) is 8.16. The Kier molecular flexibility index (Phi) is 4.60. The number of hydrogen-bond donors (Lipinski definition) is 1.